The van der Waals surface area contributed by atoms with Gasteiger partial charge in [0.05, 0.1) is 16.5 Å². The number of carboxylic acid groups (broad SMARTS) is 2. The Morgan fingerprint density at radius 1 is 0.786 bits per heavy atom. The van der Waals surface area contributed by atoms with E-state index >= 15 is 0 Å². The number of benzene rings is 3. The minimum Gasteiger partial charge on any atom is -0.481 e. The van der Waals surface area contributed by atoms with E-state index in [9.17, 15) is 29.1 Å². The Hall–Kier alpha value is -4.52. The minimum absolute atomic E-state index is 0. The number of carbonyl (C=O) groups is 5. The number of fused-ring (bicyclic) bond motifs is 1. The molecule has 10 nitrogen and oxygen atoms in total. The molecule has 0 spiro atoms. The second kappa shape index (κ2) is 20.1. The van der Waals surface area contributed by atoms with Gasteiger partial charge >= 0.3 is 35.0 Å². The summed E-state index contributed by atoms with van der Waals surface area (Å²) in [6, 6.07) is 21.7. The SMILES string of the molecule is CCC(CC)N(Cc1cccc(C(=O)Nc2sc3c(c2C(=O)Nc2ccc(CCc4ccc(C(=O)O)cc4)cc2)CCCC3)c1)C(=O)CCC(C)(C)C(=O)O.[MgH2]. The molecule has 12 heteroatoms. The van der Waals surface area contributed by atoms with Crippen molar-refractivity contribution in [3.05, 3.63) is 117 Å². The molecular weight excluding hydrogens is 739 g/mol. The van der Waals surface area contributed by atoms with Crippen LogP contribution in [0.25, 0.3) is 0 Å². The highest BCUT2D eigenvalue weighted by Gasteiger charge is 2.31. The van der Waals surface area contributed by atoms with Gasteiger partial charge in [0.15, 0.2) is 0 Å². The van der Waals surface area contributed by atoms with Crippen LogP contribution in [-0.4, -0.2) is 73.9 Å². The van der Waals surface area contributed by atoms with Gasteiger partial charge in [-0.1, -0.05) is 50.2 Å². The summed E-state index contributed by atoms with van der Waals surface area (Å²) in [5.41, 5.74) is 4.67. The third-order valence-corrected chi connectivity index (χ3v) is 11.7. The van der Waals surface area contributed by atoms with E-state index in [1.165, 1.54) is 11.3 Å². The summed E-state index contributed by atoms with van der Waals surface area (Å²) in [5, 5.41) is 25.3. The van der Waals surface area contributed by atoms with E-state index in [0.29, 0.717) is 28.4 Å². The van der Waals surface area contributed by atoms with E-state index < -0.39 is 17.4 Å². The van der Waals surface area contributed by atoms with Crippen molar-refractivity contribution >= 4 is 74.7 Å². The molecule has 1 aliphatic rings. The van der Waals surface area contributed by atoms with Gasteiger partial charge in [-0.2, -0.15) is 0 Å². The van der Waals surface area contributed by atoms with Gasteiger partial charge in [-0.3, -0.25) is 19.2 Å². The molecule has 0 saturated heterocycles. The largest absolute Gasteiger partial charge is 0.481 e. The Balaban J connectivity index is 0.00000696. The van der Waals surface area contributed by atoms with E-state index in [-0.39, 0.29) is 65.2 Å². The molecular formula is C44H53MgN3O7S. The van der Waals surface area contributed by atoms with Crippen LogP contribution in [0.2, 0.25) is 0 Å². The maximum Gasteiger partial charge on any atom is 0.335 e. The number of nitrogens with zero attached hydrogens (tertiary/aromatic N) is 1. The van der Waals surface area contributed by atoms with Crippen molar-refractivity contribution in [3.8, 4) is 0 Å². The predicted octanol–water partition coefficient (Wildman–Crippen LogP) is 8.11. The lowest BCUT2D eigenvalue weighted by atomic mass is 9.87. The van der Waals surface area contributed by atoms with Crippen LogP contribution in [0, 0.1) is 5.41 Å². The molecule has 1 heterocycles. The van der Waals surface area contributed by atoms with E-state index in [2.05, 4.69) is 10.6 Å². The first-order chi connectivity index (χ1) is 26.3. The van der Waals surface area contributed by atoms with Crippen LogP contribution in [0.4, 0.5) is 10.7 Å². The third kappa shape index (κ3) is 11.3. The van der Waals surface area contributed by atoms with Gasteiger partial charge in [-0.15, -0.1) is 11.3 Å². The van der Waals surface area contributed by atoms with Crippen molar-refractivity contribution in [1.82, 2.24) is 4.90 Å². The van der Waals surface area contributed by atoms with Crippen LogP contribution in [0.5, 0.6) is 0 Å². The average molecular weight is 792 g/mol. The lowest BCUT2D eigenvalue weighted by Crippen LogP contribution is -2.40. The molecule has 294 valence electrons. The summed E-state index contributed by atoms with van der Waals surface area (Å²) in [6.07, 6.45) is 6.93. The Morgan fingerprint density at radius 2 is 1.41 bits per heavy atom. The molecule has 3 aromatic carbocycles. The number of carbonyl (C=O) groups excluding carboxylic acids is 3. The van der Waals surface area contributed by atoms with Gasteiger partial charge < -0.3 is 25.7 Å². The zero-order chi connectivity index (χ0) is 39.7. The van der Waals surface area contributed by atoms with Gasteiger partial charge in [-0.25, -0.2) is 4.79 Å². The number of thiophene rings is 1. The van der Waals surface area contributed by atoms with E-state index in [4.69, 9.17) is 5.11 Å². The highest BCUT2D eigenvalue weighted by Crippen LogP contribution is 2.39. The second-order valence-electron chi connectivity index (χ2n) is 14.9. The van der Waals surface area contributed by atoms with Crippen molar-refractivity contribution in [2.45, 2.75) is 104 Å². The van der Waals surface area contributed by atoms with Gasteiger partial charge in [0.2, 0.25) is 5.91 Å². The van der Waals surface area contributed by atoms with Crippen molar-refractivity contribution in [2.24, 2.45) is 5.41 Å². The number of hydrogen-bond acceptors (Lipinski definition) is 6. The Bertz CT molecular complexity index is 2020. The normalized spacial score (nSPS) is 12.3. The lowest BCUT2D eigenvalue weighted by molar-refractivity contribution is -0.148. The van der Waals surface area contributed by atoms with Crippen LogP contribution in [-0.2, 0) is 41.8 Å². The molecule has 0 atom stereocenters. The molecule has 0 unspecified atom stereocenters. The predicted molar refractivity (Wildman–Crippen MR) is 225 cm³/mol. The summed E-state index contributed by atoms with van der Waals surface area (Å²) < 4.78 is 0. The zero-order valence-corrected chi connectivity index (χ0v) is 32.9. The second-order valence-corrected chi connectivity index (χ2v) is 16.0. The maximum atomic E-state index is 13.9. The molecule has 1 aromatic heterocycles. The summed E-state index contributed by atoms with van der Waals surface area (Å²) in [7, 11) is 0. The van der Waals surface area contributed by atoms with Gasteiger partial charge in [0.25, 0.3) is 11.8 Å². The Kier molecular flexibility index (Phi) is 15.8. The first-order valence-electron chi connectivity index (χ1n) is 19.1. The van der Waals surface area contributed by atoms with Crippen molar-refractivity contribution in [3.63, 3.8) is 0 Å². The number of anilines is 2. The van der Waals surface area contributed by atoms with Crippen LogP contribution >= 0.6 is 11.3 Å². The zero-order valence-electron chi connectivity index (χ0n) is 32.1. The number of aromatic carboxylic acids is 1. The molecule has 0 saturated carbocycles. The molecule has 3 amide bonds. The van der Waals surface area contributed by atoms with Crippen LogP contribution < -0.4 is 10.6 Å². The molecule has 0 bridgehead atoms. The summed E-state index contributed by atoms with van der Waals surface area (Å²) >= 11 is 1.45. The van der Waals surface area contributed by atoms with Crippen LogP contribution in [0.15, 0.2) is 72.8 Å². The van der Waals surface area contributed by atoms with Crippen molar-refractivity contribution in [2.75, 3.05) is 10.6 Å². The van der Waals surface area contributed by atoms with Gasteiger partial charge in [0, 0.05) is 35.1 Å². The van der Waals surface area contributed by atoms with E-state index in [1.54, 1.807) is 49.1 Å². The number of aryl methyl sites for hydroxylation is 3. The highest BCUT2D eigenvalue weighted by molar-refractivity contribution is 7.17. The minimum atomic E-state index is -1.02. The quantitative estimate of drug-likeness (QED) is 0.0789. The molecule has 0 radical (unpaired) electrons. The van der Waals surface area contributed by atoms with E-state index in [1.807, 2.05) is 56.3 Å². The van der Waals surface area contributed by atoms with Gasteiger partial charge in [0.1, 0.15) is 5.00 Å². The first kappa shape index (κ1) is 44.2. The number of rotatable bonds is 17. The number of nitrogens with one attached hydrogen (secondary N) is 2. The third-order valence-electron chi connectivity index (χ3n) is 10.5. The van der Waals surface area contributed by atoms with Gasteiger partial charge in [-0.05, 0) is 130 Å². The Labute approximate surface area is 349 Å². The number of amides is 3. The maximum absolute atomic E-state index is 13.9. The molecule has 4 aromatic rings. The van der Waals surface area contributed by atoms with Crippen molar-refractivity contribution < 1.29 is 34.2 Å². The van der Waals surface area contributed by atoms with Crippen molar-refractivity contribution in [1.29, 1.82) is 0 Å². The summed E-state index contributed by atoms with van der Waals surface area (Å²) in [4.78, 5) is 66.9. The fraction of sp³-hybridized carbons (Fsp3) is 0.386. The number of hydrogen-bond donors (Lipinski definition) is 4. The Morgan fingerprint density at radius 3 is 2.02 bits per heavy atom. The molecule has 0 fully saturated rings. The fourth-order valence-corrected chi connectivity index (χ4v) is 8.23. The summed E-state index contributed by atoms with van der Waals surface area (Å²) in [6.45, 7) is 7.59. The number of aliphatic carboxylic acids is 1. The molecule has 5 rings (SSSR count). The molecule has 1 aliphatic carbocycles. The van der Waals surface area contributed by atoms with E-state index in [0.717, 1.165) is 78.5 Å². The monoisotopic (exact) mass is 791 g/mol. The fourth-order valence-electron chi connectivity index (χ4n) is 6.95. The molecule has 4 N–H and O–H groups in total. The van der Waals surface area contributed by atoms with Crippen LogP contribution in [0.3, 0.4) is 0 Å². The molecule has 0 aliphatic heterocycles. The number of carboxylic acids is 2. The standard InChI is InChI=1S/C44H51N3O7S.Mg.2H/c1-5-34(6-2)47(37(48)24-25-44(3,4)43(53)54)27-30-10-9-11-32(26-30)39(49)46-41-38(35-12-7-8-13-36(35)55-41)40(50)45-33-22-18-29(19-23-33)15-14-28-16-20-31(21-17-28)42(51)52;;;/h9-11,16-23,26,34H,5-8,12-15,24-25,27H2,1-4H3,(H,45,50)(H,46,49)(H,51,52)(H,53,54);;;. The topological polar surface area (TPSA) is 153 Å². The lowest BCUT2D eigenvalue weighted by Gasteiger charge is -2.32. The summed E-state index contributed by atoms with van der Waals surface area (Å²) in [5.74, 6) is -2.63. The highest BCUT2D eigenvalue weighted by atomic mass is 32.1. The smallest absolute Gasteiger partial charge is 0.335 e. The first-order valence-corrected chi connectivity index (χ1v) is 19.9. The molecule has 56 heavy (non-hydrogen) atoms. The van der Waals surface area contributed by atoms with Crippen LogP contribution in [0.1, 0.15) is 124 Å². The average Bonchev–Trinajstić information content (AvgIpc) is 3.54.